The zero-order chi connectivity index (χ0) is 19.4. The molecule has 1 amide bonds. The predicted octanol–water partition coefficient (Wildman–Crippen LogP) is 1.62. The number of aliphatic hydroxyl groups is 2. The van der Waals surface area contributed by atoms with Crippen LogP contribution in [-0.4, -0.2) is 71.7 Å². The van der Waals surface area contributed by atoms with Gasteiger partial charge in [-0.3, -0.25) is 4.79 Å². The van der Waals surface area contributed by atoms with Crippen molar-refractivity contribution < 1.29 is 24.3 Å². The molecule has 1 aromatic carbocycles. The second kappa shape index (κ2) is 8.71. The second-order valence-corrected chi connectivity index (χ2v) is 6.77. The molecule has 0 radical (unpaired) electrons. The Labute approximate surface area is 161 Å². The highest BCUT2D eigenvalue weighted by atomic mass is 35.5. The Morgan fingerprint density at radius 1 is 1.37 bits per heavy atom. The predicted molar refractivity (Wildman–Crippen MR) is 99.8 cm³/mol. The minimum absolute atomic E-state index is 0.0444. The molecule has 0 spiro atoms. The van der Waals surface area contributed by atoms with Crippen molar-refractivity contribution in [1.82, 2.24) is 10.1 Å². The van der Waals surface area contributed by atoms with Crippen LogP contribution in [-0.2, 0) is 4.74 Å². The van der Waals surface area contributed by atoms with E-state index in [2.05, 4.69) is 10.5 Å². The number of benzene rings is 1. The normalized spacial score (nSPS) is 19.9. The van der Waals surface area contributed by atoms with E-state index in [9.17, 15) is 15.0 Å². The van der Waals surface area contributed by atoms with Gasteiger partial charge in [0.15, 0.2) is 11.6 Å². The summed E-state index contributed by atoms with van der Waals surface area (Å²) in [5, 5.41) is 27.2. The molecule has 2 heterocycles. The Morgan fingerprint density at radius 3 is 2.78 bits per heavy atom. The molecule has 0 unspecified atom stereocenters. The van der Waals surface area contributed by atoms with Gasteiger partial charge in [-0.15, -0.1) is 0 Å². The van der Waals surface area contributed by atoms with Gasteiger partial charge in [-0.1, -0.05) is 16.8 Å². The number of amides is 1. The number of carbonyl (C=O) groups is 1. The van der Waals surface area contributed by atoms with Gasteiger partial charge in [0.25, 0.3) is 5.91 Å². The Morgan fingerprint density at radius 2 is 2.11 bits per heavy atom. The molecular weight excluding hydrogens is 374 g/mol. The third kappa shape index (κ3) is 4.41. The number of nitrogens with zero attached hydrogens (tertiary/aromatic N) is 2. The molecule has 1 saturated heterocycles. The molecule has 2 atom stereocenters. The average molecular weight is 396 g/mol. The van der Waals surface area contributed by atoms with Crippen LogP contribution in [0.3, 0.4) is 0 Å². The number of β-amino-alcohol motifs (C(OH)–C–C–N with tert-alkyl or cyclic N) is 1. The van der Waals surface area contributed by atoms with E-state index < -0.39 is 12.2 Å². The van der Waals surface area contributed by atoms with E-state index in [1.165, 1.54) is 4.90 Å². The molecule has 3 rings (SSSR count). The fraction of sp³-hybridized carbons (Fsp3) is 0.444. The van der Waals surface area contributed by atoms with Crippen LogP contribution in [0.15, 0.2) is 28.8 Å². The summed E-state index contributed by atoms with van der Waals surface area (Å²) in [6.07, 6.45) is -1.50. The van der Waals surface area contributed by atoms with Gasteiger partial charge < -0.3 is 29.7 Å². The Hall–Kier alpha value is -2.13. The van der Waals surface area contributed by atoms with Gasteiger partial charge in [0.1, 0.15) is 5.56 Å². The van der Waals surface area contributed by atoms with E-state index >= 15 is 0 Å². The molecule has 1 aliphatic rings. The van der Waals surface area contributed by atoms with Crippen molar-refractivity contribution in [3.05, 3.63) is 34.9 Å². The lowest BCUT2D eigenvalue weighted by Crippen LogP contribution is -2.49. The summed E-state index contributed by atoms with van der Waals surface area (Å²) < 4.78 is 10.5. The standard InChI is InChI=1S/C18H22ClN3O5/c1-26-9-7-20-17-15(18(25)22-8-6-13(23)14(24)10-22)16(27-21-17)11-2-4-12(19)5-3-11/h2-5,13-14,23-24H,6-10H2,1H3,(H,20,21)/t13-,14+/m0/s1. The maximum atomic E-state index is 13.2. The molecule has 2 aromatic rings. The lowest BCUT2D eigenvalue weighted by molar-refractivity contribution is -0.0321. The van der Waals surface area contributed by atoms with Gasteiger partial charge >= 0.3 is 0 Å². The van der Waals surface area contributed by atoms with E-state index in [4.69, 9.17) is 20.9 Å². The third-order valence-electron chi connectivity index (χ3n) is 4.44. The summed E-state index contributed by atoms with van der Waals surface area (Å²) in [6.45, 7) is 1.26. The first-order valence-electron chi connectivity index (χ1n) is 8.65. The first kappa shape index (κ1) is 19.6. The summed E-state index contributed by atoms with van der Waals surface area (Å²) in [7, 11) is 1.58. The van der Waals surface area contributed by atoms with Gasteiger partial charge in [0, 0.05) is 37.3 Å². The number of methoxy groups -OCH3 is 1. The molecule has 27 heavy (non-hydrogen) atoms. The van der Waals surface area contributed by atoms with Crippen LogP contribution in [0.4, 0.5) is 5.82 Å². The first-order chi connectivity index (χ1) is 13.0. The Balaban J connectivity index is 1.93. The molecule has 3 N–H and O–H groups in total. The number of rotatable bonds is 6. The summed E-state index contributed by atoms with van der Waals surface area (Å²) in [5.41, 5.74) is 0.935. The number of piperidine rings is 1. The van der Waals surface area contributed by atoms with Crippen LogP contribution in [0.25, 0.3) is 11.3 Å². The highest BCUT2D eigenvalue weighted by molar-refractivity contribution is 6.30. The van der Waals surface area contributed by atoms with Gasteiger partial charge in [0.2, 0.25) is 0 Å². The van der Waals surface area contributed by atoms with Crippen molar-refractivity contribution in [3.63, 3.8) is 0 Å². The molecule has 1 aromatic heterocycles. The van der Waals surface area contributed by atoms with Crippen molar-refractivity contribution in [1.29, 1.82) is 0 Å². The van der Waals surface area contributed by atoms with Crippen molar-refractivity contribution in [3.8, 4) is 11.3 Å². The van der Waals surface area contributed by atoms with Crippen LogP contribution in [0, 0.1) is 0 Å². The SMILES string of the molecule is COCCNc1noc(-c2ccc(Cl)cc2)c1C(=O)N1CC[C@H](O)[C@H](O)C1. The molecule has 8 nitrogen and oxygen atoms in total. The summed E-state index contributed by atoms with van der Waals surface area (Å²) in [5.74, 6) is 0.298. The van der Waals surface area contributed by atoms with Gasteiger partial charge in [-0.2, -0.15) is 0 Å². The maximum absolute atomic E-state index is 13.2. The lowest BCUT2D eigenvalue weighted by atomic mass is 10.0. The van der Waals surface area contributed by atoms with Crippen molar-refractivity contribution >= 4 is 23.3 Å². The van der Waals surface area contributed by atoms with Gasteiger partial charge in [-0.25, -0.2) is 0 Å². The van der Waals surface area contributed by atoms with E-state index in [1.807, 2.05) is 0 Å². The van der Waals surface area contributed by atoms with Crippen molar-refractivity contribution in [2.45, 2.75) is 18.6 Å². The molecule has 9 heteroatoms. The number of nitrogens with one attached hydrogen (secondary N) is 1. The van der Waals surface area contributed by atoms with Crippen LogP contribution in [0.1, 0.15) is 16.8 Å². The fourth-order valence-electron chi connectivity index (χ4n) is 2.94. The number of likely N-dealkylation sites (tertiary alicyclic amines) is 1. The van der Waals surface area contributed by atoms with Crippen LogP contribution in [0.5, 0.6) is 0 Å². The molecule has 0 bridgehead atoms. The monoisotopic (exact) mass is 395 g/mol. The summed E-state index contributed by atoms with van der Waals surface area (Å²) >= 11 is 5.94. The van der Waals surface area contributed by atoms with Crippen molar-refractivity contribution in [2.75, 3.05) is 38.7 Å². The first-order valence-corrected chi connectivity index (χ1v) is 9.03. The number of hydrogen-bond donors (Lipinski definition) is 3. The van der Waals surface area contributed by atoms with E-state index in [0.717, 1.165) is 0 Å². The van der Waals surface area contributed by atoms with Crippen LogP contribution >= 0.6 is 11.6 Å². The van der Waals surface area contributed by atoms with Crippen molar-refractivity contribution in [2.24, 2.45) is 0 Å². The second-order valence-electron chi connectivity index (χ2n) is 6.34. The number of carbonyl (C=O) groups excluding carboxylic acids is 1. The molecule has 0 saturated carbocycles. The van der Waals surface area contributed by atoms with E-state index in [-0.39, 0.29) is 18.0 Å². The molecule has 146 valence electrons. The maximum Gasteiger partial charge on any atom is 0.261 e. The minimum atomic E-state index is -0.980. The highest BCUT2D eigenvalue weighted by Gasteiger charge is 2.33. The lowest BCUT2D eigenvalue weighted by Gasteiger charge is -2.33. The van der Waals surface area contributed by atoms with Crippen LogP contribution < -0.4 is 5.32 Å². The molecule has 1 aliphatic heterocycles. The van der Waals surface area contributed by atoms with Gasteiger partial charge in [-0.05, 0) is 30.7 Å². The average Bonchev–Trinajstić information content (AvgIpc) is 3.08. The van der Waals surface area contributed by atoms with E-state index in [1.54, 1.807) is 31.4 Å². The summed E-state index contributed by atoms with van der Waals surface area (Å²) in [6, 6.07) is 6.89. The number of hydrogen-bond acceptors (Lipinski definition) is 7. The molecule has 1 fully saturated rings. The number of ether oxygens (including phenoxy) is 1. The highest BCUT2D eigenvalue weighted by Crippen LogP contribution is 2.32. The quantitative estimate of drug-likeness (QED) is 0.638. The smallest absolute Gasteiger partial charge is 0.261 e. The number of aliphatic hydroxyl groups excluding tert-OH is 2. The van der Waals surface area contributed by atoms with E-state index in [0.29, 0.717) is 48.3 Å². The summed E-state index contributed by atoms with van der Waals surface area (Å²) in [4.78, 5) is 14.7. The fourth-order valence-corrected chi connectivity index (χ4v) is 3.07. The minimum Gasteiger partial charge on any atom is -0.390 e. The number of anilines is 1. The topological polar surface area (TPSA) is 108 Å². The zero-order valence-electron chi connectivity index (χ0n) is 14.9. The molecular formula is C18H22ClN3O5. The largest absolute Gasteiger partial charge is 0.390 e. The Kier molecular flexibility index (Phi) is 6.33. The van der Waals surface area contributed by atoms with Crippen LogP contribution in [0.2, 0.25) is 5.02 Å². The molecule has 0 aliphatic carbocycles. The zero-order valence-corrected chi connectivity index (χ0v) is 15.6. The Bertz CT molecular complexity index is 780. The van der Waals surface area contributed by atoms with Gasteiger partial charge in [0.05, 0.1) is 18.8 Å². The third-order valence-corrected chi connectivity index (χ3v) is 4.70. The number of halogens is 1. The number of aromatic nitrogens is 1.